The summed E-state index contributed by atoms with van der Waals surface area (Å²) in [7, 11) is -3.29. The fourth-order valence-electron chi connectivity index (χ4n) is 4.16. The Balaban J connectivity index is 1.54. The van der Waals surface area contributed by atoms with E-state index in [0.717, 1.165) is 10.9 Å². The Hall–Kier alpha value is -2.03. The van der Waals surface area contributed by atoms with Crippen LogP contribution in [-0.2, 0) is 14.8 Å². The third kappa shape index (κ3) is 3.64. The van der Waals surface area contributed by atoms with Gasteiger partial charge in [-0.25, -0.2) is 13.4 Å². The smallest absolute Gasteiger partial charge is 0.272 e. The Morgan fingerprint density at radius 3 is 2.86 bits per heavy atom. The van der Waals surface area contributed by atoms with Gasteiger partial charge in [0.15, 0.2) is 0 Å². The molecule has 0 bridgehead atoms. The van der Waals surface area contributed by atoms with Crippen LogP contribution in [0.4, 0.5) is 0 Å². The van der Waals surface area contributed by atoms with Crippen LogP contribution in [0.3, 0.4) is 0 Å². The maximum atomic E-state index is 13.0. The second-order valence-corrected chi connectivity index (χ2v) is 9.55. The number of carbonyl (C=O) groups is 1. The number of rotatable bonds is 3. The number of aromatic nitrogens is 1. The summed E-state index contributed by atoms with van der Waals surface area (Å²) in [5.41, 5.74) is 1.21. The average Bonchev–Trinajstić information content (AvgIpc) is 2.95. The average molecular weight is 404 g/mol. The summed E-state index contributed by atoms with van der Waals surface area (Å²) in [5, 5.41) is 0.996. The topological polar surface area (TPSA) is 79.8 Å². The van der Waals surface area contributed by atoms with E-state index in [9.17, 15) is 13.2 Å². The van der Waals surface area contributed by atoms with Gasteiger partial charge >= 0.3 is 0 Å². The zero-order valence-electron chi connectivity index (χ0n) is 16.0. The lowest BCUT2D eigenvalue weighted by molar-refractivity contribution is 0.0463. The molecule has 2 atom stereocenters. The summed E-state index contributed by atoms with van der Waals surface area (Å²) >= 11 is 0. The summed E-state index contributed by atoms with van der Waals surface area (Å²) in [5.74, 6) is -0.0554. The molecule has 2 fully saturated rings. The number of sulfonamides is 1. The van der Waals surface area contributed by atoms with Gasteiger partial charge in [-0.3, -0.25) is 4.79 Å². The number of hydrogen-bond donors (Lipinski definition) is 0. The molecule has 0 saturated carbocycles. The van der Waals surface area contributed by atoms with Crippen LogP contribution in [-0.4, -0.2) is 73.2 Å². The molecule has 3 heterocycles. The number of hydrogen-bond acceptors (Lipinski definition) is 5. The van der Waals surface area contributed by atoms with Crippen LogP contribution < -0.4 is 0 Å². The predicted octanol–water partition coefficient (Wildman–Crippen LogP) is 1.75. The number of piperidine rings is 1. The van der Waals surface area contributed by atoms with Gasteiger partial charge in [-0.05, 0) is 25.5 Å². The van der Waals surface area contributed by atoms with Crippen molar-refractivity contribution in [1.82, 2.24) is 14.2 Å². The number of ether oxygens (including phenoxy) is 1. The van der Waals surface area contributed by atoms with Gasteiger partial charge in [-0.2, -0.15) is 4.31 Å². The van der Waals surface area contributed by atoms with Crippen molar-refractivity contribution < 1.29 is 17.9 Å². The molecular weight excluding hydrogens is 378 g/mol. The quantitative estimate of drug-likeness (QED) is 0.780. The van der Waals surface area contributed by atoms with Gasteiger partial charge in [-0.15, -0.1) is 0 Å². The molecule has 1 aromatic heterocycles. The highest BCUT2D eigenvalue weighted by molar-refractivity contribution is 7.89. The molecule has 150 valence electrons. The molecule has 2 saturated heterocycles. The normalized spacial score (nSPS) is 24.0. The molecule has 2 aromatic rings. The first-order chi connectivity index (χ1) is 13.5. The number of nitrogens with zero attached hydrogens (tertiary/aromatic N) is 3. The number of pyridine rings is 1. The highest BCUT2D eigenvalue weighted by atomic mass is 32.2. The van der Waals surface area contributed by atoms with Crippen molar-refractivity contribution in [1.29, 1.82) is 0 Å². The summed E-state index contributed by atoms with van der Waals surface area (Å²) in [6.45, 7) is 3.91. The molecule has 4 rings (SSSR count). The maximum Gasteiger partial charge on any atom is 0.272 e. The molecule has 28 heavy (non-hydrogen) atoms. The highest BCUT2D eigenvalue weighted by Gasteiger charge is 2.41. The predicted molar refractivity (Wildman–Crippen MR) is 107 cm³/mol. The van der Waals surface area contributed by atoms with Gasteiger partial charge in [0.2, 0.25) is 10.0 Å². The van der Waals surface area contributed by atoms with Gasteiger partial charge in [0, 0.05) is 37.0 Å². The number of likely N-dealkylation sites (tertiary alicyclic amines) is 1. The first kappa shape index (κ1) is 19.3. The van der Waals surface area contributed by atoms with Gasteiger partial charge in [0.05, 0.1) is 24.5 Å². The van der Waals surface area contributed by atoms with E-state index in [4.69, 9.17) is 4.74 Å². The van der Waals surface area contributed by atoms with E-state index in [2.05, 4.69) is 4.98 Å². The van der Waals surface area contributed by atoms with E-state index in [1.165, 1.54) is 0 Å². The summed E-state index contributed by atoms with van der Waals surface area (Å²) < 4.78 is 32.3. The molecule has 0 spiro atoms. The molecule has 0 N–H and O–H groups in total. The van der Waals surface area contributed by atoms with E-state index < -0.39 is 10.0 Å². The summed E-state index contributed by atoms with van der Waals surface area (Å²) in [4.78, 5) is 19.3. The van der Waals surface area contributed by atoms with Gasteiger partial charge in [0.25, 0.3) is 5.91 Å². The zero-order valence-corrected chi connectivity index (χ0v) is 16.8. The maximum absolute atomic E-state index is 13.0. The first-order valence-electron chi connectivity index (χ1n) is 9.72. The Bertz CT molecular complexity index is 978. The minimum absolute atomic E-state index is 0.0259. The van der Waals surface area contributed by atoms with E-state index in [1.807, 2.05) is 30.3 Å². The summed E-state index contributed by atoms with van der Waals surface area (Å²) in [6.07, 6.45) is 0.618. The monoisotopic (exact) mass is 403 g/mol. The van der Waals surface area contributed by atoms with E-state index in [1.54, 1.807) is 22.2 Å². The molecule has 0 aliphatic carbocycles. The van der Waals surface area contributed by atoms with Gasteiger partial charge in [0.1, 0.15) is 5.69 Å². The van der Waals surface area contributed by atoms with Crippen molar-refractivity contribution in [3.63, 3.8) is 0 Å². The lowest BCUT2D eigenvalue weighted by Gasteiger charge is -2.41. The van der Waals surface area contributed by atoms with Gasteiger partial charge in [-0.1, -0.05) is 24.3 Å². The van der Waals surface area contributed by atoms with Gasteiger partial charge < -0.3 is 9.64 Å². The van der Waals surface area contributed by atoms with E-state index >= 15 is 0 Å². The lowest BCUT2D eigenvalue weighted by Crippen LogP contribution is -2.54. The standard InChI is InChI=1S/C20H25N3O4S/c1-2-28(25,26)23-11-12-27-14-16-13-22(10-9-19(16)23)20(24)18-8-7-15-5-3-4-6-17(15)21-18/h3-8,16,19H,2,9-14H2,1H3/t16-,19-/m1/s1. The number of amides is 1. The minimum Gasteiger partial charge on any atom is -0.380 e. The number of fused-ring (bicyclic) bond motifs is 2. The molecule has 8 heteroatoms. The van der Waals surface area contributed by atoms with E-state index in [-0.39, 0.29) is 23.6 Å². The van der Waals surface area contributed by atoms with Crippen molar-refractivity contribution in [2.75, 3.05) is 38.6 Å². The summed E-state index contributed by atoms with van der Waals surface area (Å²) in [6, 6.07) is 11.3. The molecular formula is C20H25N3O4S. The third-order valence-electron chi connectivity index (χ3n) is 5.68. The van der Waals surface area contributed by atoms with Crippen molar-refractivity contribution in [2.24, 2.45) is 5.92 Å². The Labute approximate surface area is 165 Å². The number of benzene rings is 1. The second-order valence-electron chi connectivity index (χ2n) is 7.34. The number of para-hydroxylation sites is 1. The molecule has 7 nitrogen and oxygen atoms in total. The molecule has 1 aromatic carbocycles. The Morgan fingerprint density at radius 2 is 2.04 bits per heavy atom. The SMILES string of the molecule is CCS(=O)(=O)N1CCOC[C@H]2CN(C(=O)c3ccc4ccccc4n3)CC[C@H]21. The largest absolute Gasteiger partial charge is 0.380 e. The van der Waals surface area contributed by atoms with Crippen molar-refractivity contribution in [3.8, 4) is 0 Å². The van der Waals surface area contributed by atoms with E-state index in [0.29, 0.717) is 45.0 Å². The van der Waals surface area contributed by atoms with Crippen LogP contribution in [0, 0.1) is 5.92 Å². The van der Waals surface area contributed by atoms with Crippen LogP contribution in [0.5, 0.6) is 0 Å². The lowest BCUT2D eigenvalue weighted by atomic mass is 9.92. The first-order valence-corrected chi connectivity index (χ1v) is 11.3. The second kappa shape index (κ2) is 7.77. The molecule has 1 amide bonds. The molecule has 0 radical (unpaired) electrons. The highest BCUT2D eigenvalue weighted by Crippen LogP contribution is 2.28. The van der Waals surface area contributed by atoms with Crippen molar-refractivity contribution in [3.05, 3.63) is 42.1 Å². The fraction of sp³-hybridized carbons (Fsp3) is 0.500. The van der Waals surface area contributed by atoms with Crippen LogP contribution in [0.15, 0.2) is 36.4 Å². The Morgan fingerprint density at radius 1 is 1.21 bits per heavy atom. The third-order valence-corrected chi connectivity index (χ3v) is 7.58. The van der Waals surface area contributed by atoms with Crippen LogP contribution in [0.25, 0.3) is 10.9 Å². The van der Waals surface area contributed by atoms with Crippen molar-refractivity contribution >= 4 is 26.8 Å². The fourth-order valence-corrected chi connectivity index (χ4v) is 5.54. The number of carbonyl (C=O) groups excluding carboxylic acids is 1. The minimum atomic E-state index is -3.29. The van der Waals surface area contributed by atoms with Crippen LogP contribution >= 0.6 is 0 Å². The molecule has 2 aliphatic heterocycles. The van der Waals surface area contributed by atoms with Crippen molar-refractivity contribution in [2.45, 2.75) is 19.4 Å². The molecule has 0 unspecified atom stereocenters. The van der Waals surface area contributed by atoms with Crippen LogP contribution in [0.2, 0.25) is 0 Å². The molecule has 2 aliphatic rings. The Kier molecular flexibility index (Phi) is 5.35. The van der Waals surface area contributed by atoms with Crippen LogP contribution in [0.1, 0.15) is 23.8 Å². The zero-order chi connectivity index (χ0) is 19.7.